The van der Waals surface area contributed by atoms with Crippen LogP contribution < -0.4 is 4.74 Å². The third kappa shape index (κ3) is 2.46. The van der Waals surface area contributed by atoms with E-state index in [0.717, 1.165) is 18.8 Å². The van der Waals surface area contributed by atoms with E-state index in [1.807, 2.05) is 0 Å². The van der Waals surface area contributed by atoms with Crippen LogP contribution in [0.25, 0.3) is 0 Å². The summed E-state index contributed by atoms with van der Waals surface area (Å²) in [4.78, 5) is 2.68. The highest BCUT2D eigenvalue weighted by Crippen LogP contribution is 2.34. The van der Waals surface area contributed by atoms with Crippen molar-refractivity contribution in [1.29, 1.82) is 0 Å². The molecule has 20 heavy (non-hydrogen) atoms. The molecular weight excluding hydrogens is 246 g/mol. The van der Waals surface area contributed by atoms with Gasteiger partial charge < -0.3 is 4.74 Å². The number of ether oxygens (including phenoxy) is 1. The number of rotatable bonds is 3. The summed E-state index contributed by atoms with van der Waals surface area (Å²) >= 11 is 0. The average Bonchev–Trinajstić information content (AvgIpc) is 2.82. The van der Waals surface area contributed by atoms with Gasteiger partial charge >= 0.3 is 0 Å². The first-order valence-electron chi connectivity index (χ1n) is 8.11. The van der Waals surface area contributed by atoms with Gasteiger partial charge in [0, 0.05) is 24.5 Å². The number of benzene rings is 1. The van der Waals surface area contributed by atoms with E-state index in [0.29, 0.717) is 18.1 Å². The zero-order valence-electron chi connectivity index (χ0n) is 13.3. The summed E-state index contributed by atoms with van der Waals surface area (Å²) in [6, 6.07) is 6.65. The molecule has 1 atom stereocenters. The van der Waals surface area contributed by atoms with E-state index in [-0.39, 0.29) is 0 Å². The zero-order chi connectivity index (χ0) is 14.3. The van der Waals surface area contributed by atoms with Crippen LogP contribution >= 0.6 is 0 Å². The Morgan fingerprint density at radius 3 is 2.45 bits per heavy atom. The van der Waals surface area contributed by atoms with Crippen molar-refractivity contribution in [3.8, 4) is 5.75 Å². The molecule has 3 rings (SSSR count). The minimum atomic E-state index is 0.618. The molecule has 0 bridgehead atoms. The molecule has 0 saturated heterocycles. The summed E-state index contributed by atoms with van der Waals surface area (Å²) in [6.07, 6.45) is 4.80. The zero-order valence-corrected chi connectivity index (χ0v) is 13.3. The van der Waals surface area contributed by atoms with Crippen molar-refractivity contribution >= 4 is 0 Å². The molecule has 1 heterocycles. The summed E-state index contributed by atoms with van der Waals surface area (Å²) in [6.45, 7) is 10.1. The first-order chi connectivity index (χ1) is 9.56. The van der Waals surface area contributed by atoms with E-state index in [1.54, 1.807) is 5.56 Å². The minimum Gasteiger partial charge on any atom is -0.493 e. The fraction of sp³-hybridized carbons (Fsp3) is 0.667. The normalized spacial score (nSPS) is 21.2. The van der Waals surface area contributed by atoms with E-state index in [2.05, 4.69) is 44.7 Å². The van der Waals surface area contributed by atoms with Gasteiger partial charge in [-0.05, 0) is 69.7 Å². The molecule has 0 spiro atoms. The molecule has 2 aliphatic rings. The molecule has 1 aromatic rings. The molecule has 1 aliphatic heterocycles. The lowest BCUT2D eigenvalue weighted by molar-refractivity contribution is 0.102. The predicted octanol–water partition coefficient (Wildman–Crippen LogP) is 3.60. The highest BCUT2D eigenvalue weighted by Gasteiger charge is 2.29. The van der Waals surface area contributed by atoms with Gasteiger partial charge in [-0.1, -0.05) is 6.07 Å². The van der Waals surface area contributed by atoms with Crippen LogP contribution in [0, 0.1) is 0 Å². The Hall–Kier alpha value is -1.02. The lowest BCUT2D eigenvalue weighted by Crippen LogP contribution is -2.47. The van der Waals surface area contributed by atoms with Crippen molar-refractivity contribution in [1.82, 2.24) is 4.90 Å². The van der Waals surface area contributed by atoms with E-state index < -0.39 is 0 Å². The largest absolute Gasteiger partial charge is 0.493 e. The fourth-order valence-corrected chi connectivity index (χ4v) is 4.11. The maximum atomic E-state index is 5.74. The highest BCUT2D eigenvalue weighted by molar-refractivity contribution is 5.46. The molecule has 1 aromatic carbocycles. The van der Waals surface area contributed by atoms with E-state index in [4.69, 9.17) is 4.74 Å². The van der Waals surface area contributed by atoms with Gasteiger partial charge in [0.15, 0.2) is 0 Å². The molecule has 0 radical (unpaired) electrons. The van der Waals surface area contributed by atoms with E-state index >= 15 is 0 Å². The molecular formula is C18H27NO. The SMILES string of the molecule is CC(C)N(C(C)C)[C@@H]1CCc2cc3c(cc2C1)OCC3. The van der Waals surface area contributed by atoms with Gasteiger partial charge in [0.05, 0.1) is 6.61 Å². The first kappa shape index (κ1) is 13.9. The summed E-state index contributed by atoms with van der Waals surface area (Å²) in [7, 11) is 0. The van der Waals surface area contributed by atoms with Crippen molar-refractivity contribution in [2.75, 3.05) is 6.61 Å². The van der Waals surface area contributed by atoms with Crippen molar-refractivity contribution in [2.24, 2.45) is 0 Å². The summed E-state index contributed by atoms with van der Waals surface area (Å²) in [5.41, 5.74) is 4.51. The van der Waals surface area contributed by atoms with Crippen molar-refractivity contribution in [2.45, 2.75) is 71.5 Å². The molecule has 110 valence electrons. The second kappa shape index (κ2) is 5.40. The predicted molar refractivity (Wildman–Crippen MR) is 83.6 cm³/mol. The topological polar surface area (TPSA) is 12.5 Å². The molecule has 0 N–H and O–H groups in total. The smallest absolute Gasteiger partial charge is 0.122 e. The highest BCUT2D eigenvalue weighted by atomic mass is 16.5. The number of aryl methyl sites for hydroxylation is 1. The van der Waals surface area contributed by atoms with Crippen molar-refractivity contribution in [3.63, 3.8) is 0 Å². The summed E-state index contributed by atoms with van der Waals surface area (Å²) in [5, 5.41) is 0. The number of hydrogen-bond acceptors (Lipinski definition) is 2. The molecule has 0 fully saturated rings. The number of hydrogen-bond donors (Lipinski definition) is 0. The monoisotopic (exact) mass is 273 g/mol. The molecule has 0 saturated carbocycles. The Kier molecular flexibility index (Phi) is 3.76. The van der Waals surface area contributed by atoms with Crippen LogP contribution in [0.3, 0.4) is 0 Å². The minimum absolute atomic E-state index is 0.618. The van der Waals surface area contributed by atoms with Crippen LogP contribution in [0.1, 0.15) is 50.8 Å². The second-order valence-electron chi connectivity index (χ2n) is 6.86. The molecule has 0 amide bonds. The average molecular weight is 273 g/mol. The maximum absolute atomic E-state index is 5.74. The van der Waals surface area contributed by atoms with Gasteiger partial charge in [0.2, 0.25) is 0 Å². The van der Waals surface area contributed by atoms with Crippen LogP contribution in [-0.4, -0.2) is 29.6 Å². The van der Waals surface area contributed by atoms with Crippen LogP contribution in [0.4, 0.5) is 0 Å². The molecule has 1 aliphatic carbocycles. The molecule has 2 nitrogen and oxygen atoms in total. The van der Waals surface area contributed by atoms with E-state index in [9.17, 15) is 0 Å². The van der Waals surface area contributed by atoms with Gasteiger partial charge in [-0.15, -0.1) is 0 Å². The Morgan fingerprint density at radius 1 is 1.00 bits per heavy atom. The second-order valence-corrected chi connectivity index (χ2v) is 6.86. The summed E-state index contributed by atoms with van der Waals surface area (Å²) in [5.74, 6) is 1.14. The van der Waals surface area contributed by atoms with Crippen LogP contribution in [0.15, 0.2) is 12.1 Å². The Labute approximate surface area is 123 Å². The van der Waals surface area contributed by atoms with Crippen molar-refractivity contribution in [3.05, 3.63) is 28.8 Å². The summed E-state index contributed by atoms with van der Waals surface area (Å²) < 4.78 is 5.74. The number of fused-ring (bicyclic) bond motifs is 2. The van der Waals surface area contributed by atoms with Gasteiger partial charge in [0.25, 0.3) is 0 Å². The van der Waals surface area contributed by atoms with Crippen LogP contribution in [0.5, 0.6) is 5.75 Å². The van der Waals surface area contributed by atoms with Crippen LogP contribution in [-0.2, 0) is 19.3 Å². The van der Waals surface area contributed by atoms with Gasteiger partial charge in [-0.3, -0.25) is 4.90 Å². The first-order valence-corrected chi connectivity index (χ1v) is 8.11. The van der Waals surface area contributed by atoms with Gasteiger partial charge in [-0.2, -0.15) is 0 Å². The fourth-order valence-electron chi connectivity index (χ4n) is 4.11. The molecule has 0 unspecified atom stereocenters. The maximum Gasteiger partial charge on any atom is 0.122 e. The Balaban J connectivity index is 1.84. The quantitative estimate of drug-likeness (QED) is 0.834. The van der Waals surface area contributed by atoms with Gasteiger partial charge in [0.1, 0.15) is 5.75 Å². The van der Waals surface area contributed by atoms with Crippen LogP contribution in [0.2, 0.25) is 0 Å². The third-order valence-electron chi connectivity index (χ3n) is 4.83. The third-order valence-corrected chi connectivity index (χ3v) is 4.83. The van der Waals surface area contributed by atoms with Gasteiger partial charge in [-0.25, -0.2) is 0 Å². The number of nitrogens with zero attached hydrogens (tertiary/aromatic N) is 1. The standard InChI is InChI=1S/C18H27NO/c1-12(2)19(13(3)4)17-6-5-14-9-15-7-8-20-18(15)11-16(14)10-17/h9,11-13,17H,5-8,10H2,1-4H3/t17-/m1/s1. The lowest BCUT2D eigenvalue weighted by Gasteiger charge is -2.40. The van der Waals surface area contributed by atoms with Crippen molar-refractivity contribution < 1.29 is 4.74 Å². The Morgan fingerprint density at radius 2 is 1.75 bits per heavy atom. The molecule has 0 aromatic heterocycles. The lowest BCUT2D eigenvalue weighted by atomic mass is 9.85. The molecule has 2 heteroatoms. The Bertz CT molecular complexity index is 484. The van der Waals surface area contributed by atoms with E-state index in [1.165, 1.54) is 30.4 Å².